The average Bonchev–Trinajstić information content (AvgIpc) is 3.28. The number of halogens is 1. The van der Waals surface area contributed by atoms with Crippen molar-refractivity contribution in [3.8, 4) is 5.75 Å². The van der Waals surface area contributed by atoms with Crippen molar-refractivity contribution in [2.24, 2.45) is 5.92 Å². The predicted octanol–water partition coefficient (Wildman–Crippen LogP) is 3.67. The lowest BCUT2D eigenvalue weighted by molar-refractivity contribution is 0.146. The van der Waals surface area contributed by atoms with Gasteiger partial charge in [-0.15, -0.1) is 0 Å². The van der Waals surface area contributed by atoms with Gasteiger partial charge in [0.05, 0.1) is 13.2 Å². The van der Waals surface area contributed by atoms with E-state index in [-0.39, 0.29) is 11.7 Å². The Morgan fingerprint density at radius 2 is 1.90 bits per heavy atom. The molecule has 2 aromatic rings. The Balaban J connectivity index is 1.80. The van der Waals surface area contributed by atoms with Gasteiger partial charge in [-0.1, -0.05) is 42.5 Å². The molecule has 20 heavy (non-hydrogen) atoms. The Morgan fingerprint density at radius 1 is 1.15 bits per heavy atom. The molecule has 3 unspecified atom stereocenters. The Labute approximate surface area is 117 Å². The Kier molecular flexibility index (Phi) is 3.45. The van der Waals surface area contributed by atoms with Crippen LogP contribution >= 0.6 is 0 Å². The highest BCUT2D eigenvalue weighted by Gasteiger charge is 2.44. The van der Waals surface area contributed by atoms with Crippen LogP contribution in [0.15, 0.2) is 48.5 Å². The molecule has 104 valence electrons. The topological polar surface area (TPSA) is 29.5 Å². The molecule has 0 aromatic heterocycles. The lowest BCUT2D eigenvalue weighted by Crippen LogP contribution is -2.05. The minimum Gasteiger partial charge on any atom is -0.494 e. The van der Waals surface area contributed by atoms with Gasteiger partial charge in [0.25, 0.3) is 0 Å². The predicted molar refractivity (Wildman–Crippen MR) is 75.2 cm³/mol. The average molecular weight is 272 g/mol. The zero-order chi connectivity index (χ0) is 14.1. The molecule has 0 radical (unpaired) electrons. The summed E-state index contributed by atoms with van der Waals surface area (Å²) in [5, 5.41) is 10.4. The van der Waals surface area contributed by atoms with E-state index < -0.39 is 11.9 Å². The van der Waals surface area contributed by atoms with Gasteiger partial charge in [-0.3, -0.25) is 0 Å². The first-order valence-corrected chi connectivity index (χ1v) is 6.77. The third kappa shape index (κ3) is 2.29. The molecule has 0 spiro atoms. The molecule has 2 aromatic carbocycles. The molecule has 0 amide bonds. The molecule has 0 bridgehead atoms. The van der Waals surface area contributed by atoms with Crippen LogP contribution in [0.5, 0.6) is 5.75 Å². The number of hydrogen-bond acceptors (Lipinski definition) is 2. The van der Waals surface area contributed by atoms with Crippen molar-refractivity contribution < 1.29 is 14.2 Å². The van der Waals surface area contributed by atoms with Crippen LogP contribution in [-0.4, -0.2) is 12.2 Å². The Bertz CT molecular complexity index is 597. The lowest BCUT2D eigenvalue weighted by atomic mass is 10.0. The van der Waals surface area contributed by atoms with E-state index in [0.29, 0.717) is 11.5 Å². The fraction of sp³-hybridized carbons (Fsp3) is 0.294. The first-order valence-electron chi connectivity index (χ1n) is 6.77. The highest BCUT2D eigenvalue weighted by molar-refractivity contribution is 5.35. The van der Waals surface area contributed by atoms with Gasteiger partial charge in [0.1, 0.15) is 0 Å². The second-order valence-electron chi connectivity index (χ2n) is 5.23. The zero-order valence-electron chi connectivity index (χ0n) is 11.3. The minimum atomic E-state index is -0.782. The Morgan fingerprint density at radius 3 is 2.60 bits per heavy atom. The van der Waals surface area contributed by atoms with Crippen molar-refractivity contribution in [2.45, 2.75) is 18.4 Å². The van der Waals surface area contributed by atoms with Crippen LogP contribution in [0.1, 0.15) is 29.6 Å². The molecule has 1 aliphatic rings. The van der Waals surface area contributed by atoms with Gasteiger partial charge in [-0.2, -0.15) is 0 Å². The molecule has 0 saturated heterocycles. The van der Waals surface area contributed by atoms with Gasteiger partial charge in [0.15, 0.2) is 11.6 Å². The van der Waals surface area contributed by atoms with E-state index in [9.17, 15) is 9.50 Å². The third-order valence-corrected chi connectivity index (χ3v) is 4.00. The van der Waals surface area contributed by atoms with Crippen LogP contribution in [0.3, 0.4) is 0 Å². The molecule has 0 heterocycles. The van der Waals surface area contributed by atoms with E-state index in [4.69, 9.17) is 4.74 Å². The number of aliphatic hydroxyl groups excluding tert-OH is 1. The highest BCUT2D eigenvalue weighted by atomic mass is 19.1. The fourth-order valence-electron chi connectivity index (χ4n) is 2.79. The molecule has 0 aliphatic heterocycles. The summed E-state index contributed by atoms with van der Waals surface area (Å²) < 4.78 is 19.1. The van der Waals surface area contributed by atoms with E-state index in [1.165, 1.54) is 12.7 Å². The molecule has 3 atom stereocenters. The lowest BCUT2D eigenvalue weighted by Gasteiger charge is -2.13. The molecule has 1 saturated carbocycles. The maximum absolute atomic E-state index is 14.2. The van der Waals surface area contributed by atoms with Gasteiger partial charge in [-0.05, 0) is 29.9 Å². The molecule has 3 rings (SSSR count). The van der Waals surface area contributed by atoms with E-state index >= 15 is 0 Å². The SMILES string of the molecule is COc1cccc(C(O)C2CC2c2ccccc2)c1F. The van der Waals surface area contributed by atoms with Crippen molar-refractivity contribution in [1.82, 2.24) is 0 Å². The molecule has 1 aliphatic carbocycles. The fourth-order valence-corrected chi connectivity index (χ4v) is 2.79. The van der Waals surface area contributed by atoms with Gasteiger partial charge in [0, 0.05) is 5.56 Å². The monoisotopic (exact) mass is 272 g/mol. The number of methoxy groups -OCH3 is 1. The smallest absolute Gasteiger partial charge is 0.170 e. The number of aliphatic hydroxyl groups is 1. The number of hydrogen-bond donors (Lipinski definition) is 1. The normalized spacial score (nSPS) is 22.4. The summed E-state index contributed by atoms with van der Waals surface area (Å²) in [6, 6.07) is 15.0. The van der Waals surface area contributed by atoms with Crippen LogP contribution < -0.4 is 4.74 Å². The van der Waals surface area contributed by atoms with Crippen molar-refractivity contribution in [3.05, 3.63) is 65.5 Å². The summed E-state index contributed by atoms with van der Waals surface area (Å²) in [7, 11) is 1.43. The molecule has 1 fully saturated rings. The summed E-state index contributed by atoms with van der Waals surface area (Å²) in [5.74, 6) is 0.121. The highest BCUT2D eigenvalue weighted by Crippen LogP contribution is 2.54. The van der Waals surface area contributed by atoms with Crippen molar-refractivity contribution in [3.63, 3.8) is 0 Å². The molecular weight excluding hydrogens is 255 g/mol. The summed E-state index contributed by atoms with van der Waals surface area (Å²) >= 11 is 0. The second kappa shape index (κ2) is 5.25. The summed E-state index contributed by atoms with van der Waals surface area (Å²) in [6.45, 7) is 0. The maximum Gasteiger partial charge on any atom is 0.170 e. The van der Waals surface area contributed by atoms with Crippen LogP contribution in [0.25, 0.3) is 0 Å². The van der Waals surface area contributed by atoms with Crippen molar-refractivity contribution >= 4 is 0 Å². The number of rotatable bonds is 4. The van der Waals surface area contributed by atoms with E-state index in [1.807, 2.05) is 18.2 Å². The summed E-state index contributed by atoms with van der Waals surface area (Å²) in [4.78, 5) is 0. The molecule has 3 heteroatoms. The first-order chi connectivity index (χ1) is 9.72. The van der Waals surface area contributed by atoms with Crippen LogP contribution in [0.4, 0.5) is 4.39 Å². The first kappa shape index (κ1) is 13.1. The second-order valence-corrected chi connectivity index (χ2v) is 5.23. The van der Waals surface area contributed by atoms with Gasteiger partial charge >= 0.3 is 0 Å². The van der Waals surface area contributed by atoms with Gasteiger partial charge in [0.2, 0.25) is 0 Å². The van der Waals surface area contributed by atoms with Crippen molar-refractivity contribution in [2.75, 3.05) is 7.11 Å². The van der Waals surface area contributed by atoms with Crippen molar-refractivity contribution in [1.29, 1.82) is 0 Å². The Hall–Kier alpha value is -1.87. The summed E-state index contributed by atoms with van der Waals surface area (Å²) in [5.41, 5.74) is 1.53. The maximum atomic E-state index is 14.2. The standard InChI is InChI=1S/C17H17FO2/c1-20-15-9-5-8-12(16(15)18)17(19)14-10-13(14)11-6-3-2-4-7-11/h2-9,13-14,17,19H,10H2,1H3. The van der Waals surface area contributed by atoms with Gasteiger partial charge < -0.3 is 9.84 Å². The number of benzene rings is 2. The van der Waals surface area contributed by atoms with E-state index in [0.717, 1.165) is 6.42 Å². The van der Waals surface area contributed by atoms with Gasteiger partial charge in [-0.25, -0.2) is 4.39 Å². The van der Waals surface area contributed by atoms with E-state index in [1.54, 1.807) is 18.2 Å². The van der Waals surface area contributed by atoms with Crippen LogP contribution in [-0.2, 0) is 0 Å². The molecular formula is C17H17FO2. The van der Waals surface area contributed by atoms with Crippen LogP contribution in [0.2, 0.25) is 0 Å². The summed E-state index contributed by atoms with van der Waals surface area (Å²) in [6.07, 6.45) is 0.109. The molecule has 1 N–H and O–H groups in total. The minimum absolute atomic E-state index is 0.0824. The largest absolute Gasteiger partial charge is 0.494 e. The quantitative estimate of drug-likeness (QED) is 0.920. The molecule has 2 nitrogen and oxygen atoms in total. The number of ether oxygens (including phenoxy) is 1. The zero-order valence-corrected chi connectivity index (χ0v) is 11.3. The third-order valence-electron chi connectivity index (χ3n) is 4.00. The van der Waals surface area contributed by atoms with E-state index in [2.05, 4.69) is 12.1 Å². The van der Waals surface area contributed by atoms with Crippen LogP contribution in [0, 0.1) is 11.7 Å².